The maximum absolute atomic E-state index is 11.7. The van der Waals surface area contributed by atoms with Gasteiger partial charge in [0.2, 0.25) is 0 Å². The van der Waals surface area contributed by atoms with Crippen molar-refractivity contribution in [2.45, 2.75) is 71.6 Å². The fraction of sp³-hybridized carbons (Fsp3) is 0.750. The van der Waals surface area contributed by atoms with Gasteiger partial charge in [0, 0.05) is 6.42 Å². The summed E-state index contributed by atoms with van der Waals surface area (Å²) in [6.45, 7) is 4.98. The molecule has 0 saturated heterocycles. The van der Waals surface area contributed by atoms with Crippen LogP contribution in [0, 0.1) is 23.2 Å². The topological polar surface area (TPSA) is 17.1 Å². The first-order valence-corrected chi connectivity index (χ1v) is 9.09. The Morgan fingerprint density at radius 1 is 1.14 bits per heavy atom. The number of fused-ring (bicyclic) bond motifs is 4. The van der Waals surface area contributed by atoms with Crippen LogP contribution in [0.2, 0.25) is 0 Å². The number of hydrogen-bond acceptors (Lipinski definition) is 1. The minimum atomic E-state index is 0.361. The average molecular weight is 284 g/mol. The number of ketones is 1. The van der Waals surface area contributed by atoms with Crippen LogP contribution in [0.1, 0.15) is 71.6 Å². The monoisotopic (exact) mass is 284 g/mol. The molecule has 0 aromatic heterocycles. The van der Waals surface area contributed by atoms with Crippen molar-refractivity contribution in [2.75, 3.05) is 0 Å². The summed E-state index contributed by atoms with van der Waals surface area (Å²) >= 11 is 0. The zero-order chi connectivity index (χ0) is 14.6. The second-order valence-electron chi connectivity index (χ2n) is 8.08. The lowest BCUT2D eigenvalue weighted by atomic mass is 9.56. The molecule has 1 heteroatoms. The zero-order valence-corrected chi connectivity index (χ0v) is 13.6. The second kappa shape index (κ2) is 4.83. The van der Waals surface area contributed by atoms with Crippen molar-refractivity contribution in [3.8, 4) is 0 Å². The van der Waals surface area contributed by atoms with Crippen molar-refractivity contribution in [3.05, 3.63) is 22.8 Å². The van der Waals surface area contributed by atoms with Crippen LogP contribution in [0.15, 0.2) is 22.8 Å². The van der Waals surface area contributed by atoms with Gasteiger partial charge in [-0.1, -0.05) is 25.8 Å². The van der Waals surface area contributed by atoms with Gasteiger partial charge in [-0.25, -0.2) is 0 Å². The van der Waals surface area contributed by atoms with E-state index in [9.17, 15) is 4.79 Å². The van der Waals surface area contributed by atoms with E-state index in [-0.39, 0.29) is 0 Å². The van der Waals surface area contributed by atoms with E-state index in [0.717, 1.165) is 30.6 Å². The van der Waals surface area contributed by atoms with Gasteiger partial charge in [0.25, 0.3) is 0 Å². The Morgan fingerprint density at radius 2 is 2.00 bits per heavy atom. The highest BCUT2D eigenvalue weighted by molar-refractivity contribution is 5.93. The third-order valence-corrected chi connectivity index (χ3v) is 7.42. The Kier molecular flexibility index (Phi) is 3.17. The minimum Gasteiger partial charge on any atom is -0.295 e. The van der Waals surface area contributed by atoms with Crippen molar-refractivity contribution < 1.29 is 4.79 Å². The van der Waals surface area contributed by atoms with Crippen LogP contribution in [0.3, 0.4) is 0 Å². The molecule has 2 fully saturated rings. The molecule has 0 N–H and O–H groups in total. The van der Waals surface area contributed by atoms with Gasteiger partial charge in [0.15, 0.2) is 5.78 Å². The van der Waals surface area contributed by atoms with E-state index >= 15 is 0 Å². The van der Waals surface area contributed by atoms with E-state index < -0.39 is 0 Å². The van der Waals surface area contributed by atoms with Gasteiger partial charge < -0.3 is 0 Å². The van der Waals surface area contributed by atoms with Crippen molar-refractivity contribution >= 4 is 5.78 Å². The van der Waals surface area contributed by atoms with E-state index in [1.165, 1.54) is 50.5 Å². The van der Waals surface area contributed by atoms with Crippen LogP contribution in [-0.4, -0.2) is 5.78 Å². The molecule has 0 heterocycles. The molecule has 4 aliphatic rings. The largest absolute Gasteiger partial charge is 0.295 e. The molecule has 4 rings (SSSR count). The number of carbonyl (C=O) groups is 1. The molecule has 4 aliphatic carbocycles. The third-order valence-electron chi connectivity index (χ3n) is 7.42. The van der Waals surface area contributed by atoms with Crippen LogP contribution in [0.4, 0.5) is 0 Å². The molecule has 0 unspecified atom stereocenters. The van der Waals surface area contributed by atoms with E-state index in [1.807, 2.05) is 6.08 Å². The molecule has 0 aromatic carbocycles. The fourth-order valence-corrected chi connectivity index (χ4v) is 6.31. The number of hydrogen-bond donors (Lipinski definition) is 0. The predicted octanol–water partition coefficient (Wildman–Crippen LogP) is 5.22. The molecule has 0 spiro atoms. The van der Waals surface area contributed by atoms with Crippen molar-refractivity contribution in [2.24, 2.45) is 23.2 Å². The summed E-state index contributed by atoms with van der Waals surface area (Å²) < 4.78 is 0. The first kappa shape index (κ1) is 13.8. The Balaban J connectivity index is 1.71. The van der Waals surface area contributed by atoms with Gasteiger partial charge in [-0.05, 0) is 85.3 Å². The highest BCUT2D eigenvalue weighted by atomic mass is 16.1. The number of allylic oxidation sites excluding steroid dienone is 4. The molecule has 2 saturated carbocycles. The smallest absolute Gasteiger partial charge is 0.156 e. The van der Waals surface area contributed by atoms with Gasteiger partial charge in [0.1, 0.15) is 0 Å². The van der Waals surface area contributed by atoms with E-state index in [2.05, 4.69) is 13.8 Å². The van der Waals surface area contributed by atoms with Gasteiger partial charge in [0.05, 0.1) is 0 Å². The predicted molar refractivity (Wildman–Crippen MR) is 85.9 cm³/mol. The minimum absolute atomic E-state index is 0.361. The lowest BCUT2D eigenvalue weighted by molar-refractivity contribution is -0.114. The van der Waals surface area contributed by atoms with Crippen LogP contribution in [0.25, 0.3) is 0 Å². The summed E-state index contributed by atoms with van der Waals surface area (Å²) in [6, 6.07) is 0. The van der Waals surface area contributed by atoms with Crippen molar-refractivity contribution in [1.29, 1.82) is 0 Å². The second-order valence-corrected chi connectivity index (χ2v) is 8.08. The lowest BCUT2D eigenvalue weighted by Gasteiger charge is -2.49. The SMILES string of the molecule is CC[C@@H]1CC[C@H]2[C@@H]3CCC4=CC(=O)CCC4=C3CC[C@]12C. The first-order chi connectivity index (χ1) is 10.1. The molecule has 1 nitrogen and oxygen atoms in total. The first-order valence-electron chi connectivity index (χ1n) is 9.09. The quantitative estimate of drug-likeness (QED) is 0.645. The molecule has 0 radical (unpaired) electrons. The summed E-state index contributed by atoms with van der Waals surface area (Å²) in [5, 5.41) is 0. The fourth-order valence-electron chi connectivity index (χ4n) is 6.31. The average Bonchev–Trinajstić information content (AvgIpc) is 2.83. The molecular weight excluding hydrogens is 256 g/mol. The lowest BCUT2D eigenvalue weighted by Crippen LogP contribution is -2.40. The normalized spacial score (nSPS) is 42.3. The molecule has 0 aliphatic heterocycles. The highest BCUT2D eigenvalue weighted by Crippen LogP contribution is 2.62. The standard InChI is InChI=1S/C20H28O/c1-3-14-5-9-19-18-7-4-13-12-15(21)6-8-16(13)17(18)10-11-20(14,19)2/h12,14,18-19H,3-11H2,1-2H3/t14-,18-,19+,20-/m1/s1. The third kappa shape index (κ3) is 1.92. The van der Waals surface area contributed by atoms with Crippen LogP contribution in [-0.2, 0) is 4.79 Å². The molecule has 0 bridgehead atoms. The van der Waals surface area contributed by atoms with Crippen LogP contribution < -0.4 is 0 Å². The Hall–Kier alpha value is -0.850. The van der Waals surface area contributed by atoms with E-state index in [4.69, 9.17) is 0 Å². The summed E-state index contributed by atoms with van der Waals surface area (Å²) in [5.41, 5.74) is 5.41. The summed E-state index contributed by atoms with van der Waals surface area (Å²) in [6.07, 6.45) is 13.2. The Bertz CT molecular complexity index is 538. The van der Waals surface area contributed by atoms with Crippen molar-refractivity contribution in [1.82, 2.24) is 0 Å². The van der Waals surface area contributed by atoms with Gasteiger partial charge in [-0.3, -0.25) is 4.79 Å². The highest BCUT2D eigenvalue weighted by Gasteiger charge is 2.52. The number of carbonyl (C=O) groups excluding carboxylic acids is 1. The van der Waals surface area contributed by atoms with Gasteiger partial charge >= 0.3 is 0 Å². The Morgan fingerprint density at radius 3 is 2.81 bits per heavy atom. The maximum Gasteiger partial charge on any atom is 0.156 e. The molecule has 114 valence electrons. The molecule has 4 atom stereocenters. The summed E-state index contributed by atoms with van der Waals surface area (Å²) in [5.74, 6) is 3.10. The Labute approximate surface area is 128 Å². The van der Waals surface area contributed by atoms with Gasteiger partial charge in [-0.15, -0.1) is 0 Å². The molecular formula is C20H28O. The molecule has 0 aromatic rings. The van der Waals surface area contributed by atoms with Crippen LogP contribution in [0.5, 0.6) is 0 Å². The van der Waals surface area contributed by atoms with Crippen LogP contribution >= 0.6 is 0 Å². The number of rotatable bonds is 1. The van der Waals surface area contributed by atoms with E-state index in [1.54, 1.807) is 11.1 Å². The maximum atomic E-state index is 11.7. The van der Waals surface area contributed by atoms with E-state index in [0.29, 0.717) is 11.2 Å². The van der Waals surface area contributed by atoms with Crippen molar-refractivity contribution in [3.63, 3.8) is 0 Å². The molecule has 21 heavy (non-hydrogen) atoms. The summed E-state index contributed by atoms with van der Waals surface area (Å²) in [7, 11) is 0. The van der Waals surface area contributed by atoms with Gasteiger partial charge in [-0.2, -0.15) is 0 Å². The zero-order valence-electron chi connectivity index (χ0n) is 13.6. The summed E-state index contributed by atoms with van der Waals surface area (Å²) in [4.78, 5) is 11.7. The molecule has 0 amide bonds.